The fourth-order valence-corrected chi connectivity index (χ4v) is 1.37. The summed E-state index contributed by atoms with van der Waals surface area (Å²) in [4.78, 5) is 10.7. The van der Waals surface area contributed by atoms with Gasteiger partial charge in [0.1, 0.15) is 11.5 Å². The predicted octanol–water partition coefficient (Wildman–Crippen LogP) is 1.04. The summed E-state index contributed by atoms with van der Waals surface area (Å²) in [6, 6.07) is 5.26. The molecule has 0 spiro atoms. The van der Waals surface area contributed by atoms with Crippen molar-refractivity contribution >= 4 is 28.9 Å². The van der Waals surface area contributed by atoms with E-state index in [0.29, 0.717) is 17.2 Å². The summed E-state index contributed by atoms with van der Waals surface area (Å²) >= 11 is 5.01. The van der Waals surface area contributed by atoms with E-state index in [9.17, 15) is 4.79 Å². The first kappa shape index (κ1) is 14.0. The second-order valence-electron chi connectivity index (χ2n) is 3.33. The van der Waals surface area contributed by atoms with Crippen LogP contribution in [-0.4, -0.2) is 25.2 Å². The van der Waals surface area contributed by atoms with E-state index in [1.54, 1.807) is 32.4 Å². The zero-order chi connectivity index (χ0) is 13.5. The van der Waals surface area contributed by atoms with E-state index >= 15 is 0 Å². The number of methoxy groups -OCH3 is 2. The van der Waals surface area contributed by atoms with Gasteiger partial charge in [-0.2, -0.15) is 0 Å². The molecule has 0 atom stereocenters. The van der Waals surface area contributed by atoms with Crippen LogP contribution < -0.4 is 25.6 Å². The minimum absolute atomic E-state index is 0.239. The normalized spacial score (nSPS) is 9.28. The Kier molecular flexibility index (Phi) is 5.19. The fourth-order valence-electron chi connectivity index (χ4n) is 1.21. The lowest BCUT2D eigenvalue weighted by Crippen LogP contribution is -2.42. The number of carbonyl (C=O) groups is 1. The first-order valence-corrected chi connectivity index (χ1v) is 5.53. The Morgan fingerprint density at radius 1 is 1.22 bits per heavy atom. The topological polar surface area (TPSA) is 71.6 Å². The number of ether oxygens (including phenoxy) is 2. The van der Waals surface area contributed by atoms with Gasteiger partial charge in [-0.25, -0.2) is 0 Å². The molecule has 6 nitrogen and oxygen atoms in total. The molecule has 0 radical (unpaired) electrons. The molecule has 0 aliphatic rings. The van der Waals surface area contributed by atoms with Gasteiger partial charge in [0, 0.05) is 13.0 Å². The third-order valence-electron chi connectivity index (χ3n) is 2.01. The maximum absolute atomic E-state index is 10.7. The summed E-state index contributed by atoms with van der Waals surface area (Å²) < 4.78 is 10.3. The van der Waals surface area contributed by atoms with Crippen LogP contribution in [0.5, 0.6) is 11.5 Å². The number of benzene rings is 1. The molecule has 0 fully saturated rings. The summed E-state index contributed by atoms with van der Waals surface area (Å²) in [6.07, 6.45) is 0. The van der Waals surface area contributed by atoms with Gasteiger partial charge in [0.15, 0.2) is 5.11 Å². The van der Waals surface area contributed by atoms with E-state index in [4.69, 9.17) is 21.7 Å². The predicted molar refractivity (Wildman–Crippen MR) is 72.7 cm³/mol. The van der Waals surface area contributed by atoms with Crippen molar-refractivity contribution in [2.75, 3.05) is 19.5 Å². The number of carbonyl (C=O) groups excluding carboxylic acids is 1. The first-order valence-electron chi connectivity index (χ1n) is 5.12. The van der Waals surface area contributed by atoms with E-state index < -0.39 is 0 Å². The highest BCUT2D eigenvalue weighted by Crippen LogP contribution is 2.28. The highest BCUT2D eigenvalue weighted by Gasteiger charge is 2.06. The third kappa shape index (κ3) is 4.10. The van der Waals surface area contributed by atoms with Crippen LogP contribution in [0.2, 0.25) is 0 Å². The molecule has 18 heavy (non-hydrogen) atoms. The van der Waals surface area contributed by atoms with Crippen molar-refractivity contribution in [3.63, 3.8) is 0 Å². The van der Waals surface area contributed by atoms with Crippen molar-refractivity contribution in [1.29, 1.82) is 0 Å². The van der Waals surface area contributed by atoms with Crippen molar-refractivity contribution in [1.82, 2.24) is 10.9 Å². The molecule has 7 heteroatoms. The molecule has 0 saturated carbocycles. The van der Waals surface area contributed by atoms with Crippen LogP contribution in [0.15, 0.2) is 18.2 Å². The summed E-state index contributed by atoms with van der Waals surface area (Å²) in [5.41, 5.74) is 5.55. The number of hydrogen-bond donors (Lipinski definition) is 3. The van der Waals surface area contributed by atoms with Gasteiger partial charge >= 0.3 is 0 Å². The molecular weight excluding hydrogens is 254 g/mol. The highest BCUT2D eigenvalue weighted by atomic mass is 32.1. The maximum Gasteiger partial charge on any atom is 0.235 e. The van der Waals surface area contributed by atoms with Gasteiger partial charge in [0.2, 0.25) is 5.91 Å². The first-order chi connectivity index (χ1) is 8.56. The quantitative estimate of drug-likeness (QED) is 0.562. The molecule has 0 saturated heterocycles. The number of hydrogen-bond acceptors (Lipinski definition) is 4. The second-order valence-corrected chi connectivity index (χ2v) is 3.73. The lowest BCUT2D eigenvalue weighted by molar-refractivity contribution is -0.119. The SMILES string of the molecule is COc1ccc(OC)c(NC(=S)NNC(C)=O)c1. The van der Waals surface area contributed by atoms with Crippen molar-refractivity contribution in [3.05, 3.63) is 18.2 Å². The minimum Gasteiger partial charge on any atom is -0.497 e. The monoisotopic (exact) mass is 269 g/mol. The Hall–Kier alpha value is -2.02. The number of anilines is 1. The van der Waals surface area contributed by atoms with Gasteiger partial charge in [0.25, 0.3) is 0 Å². The minimum atomic E-state index is -0.239. The number of nitrogens with one attached hydrogen (secondary N) is 3. The van der Waals surface area contributed by atoms with Crippen LogP contribution in [0, 0.1) is 0 Å². The molecule has 0 heterocycles. The Labute approximate surface area is 111 Å². The average Bonchev–Trinajstić information content (AvgIpc) is 2.36. The van der Waals surface area contributed by atoms with E-state index in [0.717, 1.165) is 0 Å². The molecular formula is C11H15N3O3S. The molecule has 1 aromatic carbocycles. The van der Waals surface area contributed by atoms with Crippen LogP contribution >= 0.6 is 12.2 Å². The molecule has 0 aromatic heterocycles. The molecule has 3 N–H and O–H groups in total. The van der Waals surface area contributed by atoms with E-state index in [1.165, 1.54) is 6.92 Å². The zero-order valence-electron chi connectivity index (χ0n) is 10.4. The van der Waals surface area contributed by atoms with Gasteiger partial charge in [-0.1, -0.05) is 0 Å². The van der Waals surface area contributed by atoms with Crippen LogP contribution in [-0.2, 0) is 4.79 Å². The van der Waals surface area contributed by atoms with Gasteiger partial charge in [-0.15, -0.1) is 0 Å². The van der Waals surface area contributed by atoms with Crippen LogP contribution in [0.1, 0.15) is 6.92 Å². The number of thiocarbonyl (C=S) groups is 1. The molecule has 1 aromatic rings. The summed E-state index contributed by atoms with van der Waals surface area (Å²) in [6.45, 7) is 1.38. The maximum atomic E-state index is 10.7. The second kappa shape index (κ2) is 6.65. The van der Waals surface area contributed by atoms with Crippen molar-refractivity contribution < 1.29 is 14.3 Å². The van der Waals surface area contributed by atoms with Crippen molar-refractivity contribution in [3.8, 4) is 11.5 Å². The lowest BCUT2D eigenvalue weighted by atomic mass is 10.2. The summed E-state index contributed by atoms with van der Waals surface area (Å²) in [7, 11) is 3.12. The molecule has 0 unspecified atom stereocenters. The van der Waals surface area contributed by atoms with Crippen molar-refractivity contribution in [2.45, 2.75) is 6.92 Å². The van der Waals surface area contributed by atoms with Gasteiger partial charge < -0.3 is 14.8 Å². The van der Waals surface area contributed by atoms with Gasteiger partial charge in [-0.3, -0.25) is 15.6 Å². The Balaban J connectivity index is 2.75. The number of rotatable bonds is 3. The van der Waals surface area contributed by atoms with E-state index in [1.807, 2.05) is 0 Å². The zero-order valence-corrected chi connectivity index (χ0v) is 11.2. The van der Waals surface area contributed by atoms with E-state index in [2.05, 4.69) is 16.2 Å². The van der Waals surface area contributed by atoms with Crippen LogP contribution in [0.3, 0.4) is 0 Å². The molecule has 98 valence electrons. The lowest BCUT2D eigenvalue weighted by Gasteiger charge is -2.14. The van der Waals surface area contributed by atoms with E-state index in [-0.39, 0.29) is 11.0 Å². The van der Waals surface area contributed by atoms with Crippen LogP contribution in [0.25, 0.3) is 0 Å². The Morgan fingerprint density at radius 3 is 2.50 bits per heavy atom. The summed E-state index contributed by atoms with van der Waals surface area (Å²) in [5, 5.41) is 3.14. The van der Waals surface area contributed by atoms with Gasteiger partial charge in [0.05, 0.1) is 19.9 Å². The van der Waals surface area contributed by atoms with Crippen LogP contribution in [0.4, 0.5) is 5.69 Å². The third-order valence-corrected chi connectivity index (χ3v) is 2.21. The standard InChI is InChI=1S/C11H15N3O3S/c1-7(15)13-14-11(18)12-9-6-8(16-2)4-5-10(9)17-3/h4-6H,1-3H3,(H,13,15)(H2,12,14,18). The fraction of sp³-hybridized carbons (Fsp3) is 0.273. The smallest absolute Gasteiger partial charge is 0.235 e. The Morgan fingerprint density at radius 2 is 1.94 bits per heavy atom. The Bertz CT molecular complexity index is 451. The molecule has 0 aliphatic carbocycles. The molecule has 0 bridgehead atoms. The number of hydrazine groups is 1. The molecule has 1 rings (SSSR count). The van der Waals surface area contributed by atoms with Gasteiger partial charge in [-0.05, 0) is 24.4 Å². The molecule has 1 amide bonds. The molecule has 0 aliphatic heterocycles. The largest absolute Gasteiger partial charge is 0.497 e. The average molecular weight is 269 g/mol. The summed E-state index contributed by atoms with van der Waals surface area (Å²) in [5.74, 6) is 1.04. The highest BCUT2D eigenvalue weighted by molar-refractivity contribution is 7.80. The number of amides is 1. The van der Waals surface area contributed by atoms with Crippen molar-refractivity contribution in [2.24, 2.45) is 0 Å².